The van der Waals surface area contributed by atoms with E-state index in [4.69, 9.17) is 4.74 Å². The highest BCUT2D eigenvalue weighted by Gasteiger charge is 2.22. The summed E-state index contributed by atoms with van der Waals surface area (Å²) in [5.74, 6) is 0.663. The van der Waals surface area contributed by atoms with Gasteiger partial charge in [-0.25, -0.2) is 0 Å². The molecule has 2 rings (SSSR count). The van der Waals surface area contributed by atoms with E-state index in [-0.39, 0.29) is 0 Å². The molecule has 2 heteroatoms. The van der Waals surface area contributed by atoms with Gasteiger partial charge in [-0.05, 0) is 49.3 Å². The van der Waals surface area contributed by atoms with Crippen LogP contribution < -0.4 is 5.32 Å². The Balaban J connectivity index is 2.33. The maximum absolute atomic E-state index is 5.21. The predicted octanol–water partition coefficient (Wildman–Crippen LogP) is 3.24. The van der Waals surface area contributed by atoms with Gasteiger partial charge in [0.15, 0.2) is 0 Å². The number of aryl methyl sites for hydroxylation is 2. The minimum Gasteiger partial charge on any atom is -0.385 e. The van der Waals surface area contributed by atoms with Crippen molar-refractivity contribution >= 4 is 5.69 Å². The maximum Gasteiger partial charge on any atom is 0.0468 e. The third-order valence-corrected chi connectivity index (χ3v) is 3.55. The van der Waals surface area contributed by atoms with E-state index in [1.807, 2.05) is 0 Å². The van der Waals surface area contributed by atoms with Crippen molar-refractivity contribution < 1.29 is 4.74 Å². The molecule has 1 heterocycles. The summed E-state index contributed by atoms with van der Waals surface area (Å²) < 4.78 is 5.21. The van der Waals surface area contributed by atoms with Gasteiger partial charge in [0.1, 0.15) is 0 Å². The second kappa shape index (κ2) is 4.88. The number of fused-ring (bicyclic) bond motifs is 1. The normalized spacial score (nSPS) is 19.1. The average molecular weight is 219 g/mol. The Bertz CT molecular complexity index is 373. The van der Waals surface area contributed by atoms with Crippen LogP contribution in [0.25, 0.3) is 0 Å². The van der Waals surface area contributed by atoms with E-state index in [1.54, 1.807) is 7.11 Å². The zero-order chi connectivity index (χ0) is 11.5. The van der Waals surface area contributed by atoms with Gasteiger partial charge in [0.05, 0.1) is 0 Å². The van der Waals surface area contributed by atoms with E-state index in [0.29, 0.717) is 5.92 Å². The Morgan fingerprint density at radius 2 is 2.06 bits per heavy atom. The van der Waals surface area contributed by atoms with Gasteiger partial charge < -0.3 is 10.1 Å². The van der Waals surface area contributed by atoms with Gasteiger partial charge in [0.25, 0.3) is 0 Å². The summed E-state index contributed by atoms with van der Waals surface area (Å²) in [6, 6.07) is 4.45. The molecule has 0 aliphatic carbocycles. The molecule has 0 aromatic heterocycles. The summed E-state index contributed by atoms with van der Waals surface area (Å²) in [4.78, 5) is 0. The lowest BCUT2D eigenvalue weighted by molar-refractivity contribution is 0.186. The van der Waals surface area contributed by atoms with Crippen molar-refractivity contribution in [2.24, 2.45) is 0 Å². The van der Waals surface area contributed by atoms with E-state index in [9.17, 15) is 0 Å². The number of hydrogen-bond acceptors (Lipinski definition) is 2. The molecular weight excluding hydrogens is 198 g/mol. The summed E-state index contributed by atoms with van der Waals surface area (Å²) in [5, 5.41) is 3.54. The molecule has 1 atom stereocenters. The molecule has 16 heavy (non-hydrogen) atoms. The Labute approximate surface area is 98.0 Å². The van der Waals surface area contributed by atoms with Crippen molar-refractivity contribution in [1.29, 1.82) is 0 Å². The van der Waals surface area contributed by atoms with Crippen LogP contribution in [0.15, 0.2) is 12.1 Å². The van der Waals surface area contributed by atoms with Crippen LogP contribution in [-0.2, 0) is 4.74 Å². The zero-order valence-electron chi connectivity index (χ0n) is 10.5. The lowest BCUT2D eigenvalue weighted by Gasteiger charge is -2.29. The van der Waals surface area contributed by atoms with Crippen LogP contribution >= 0.6 is 0 Å². The number of rotatable bonds is 3. The lowest BCUT2D eigenvalue weighted by Crippen LogP contribution is -2.20. The number of benzene rings is 1. The molecule has 1 aliphatic rings. The molecule has 1 aromatic carbocycles. The van der Waals surface area contributed by atoms with E-state index in [0.717, 1.165) is 19.6 Å². The van der Waals surface area contributed by atoms with Crippen LogP contribution in [-0.4, -0.2) is 20.3 Å². The predicted molar refractivity (Wildman–Crippen MR) is 68.3 cm³/mol. The summed E-state index contributed by atoms with van der Waals surface area (Å²) in [6.07, 6.45) is 2.36. The highest BCUT2D eigenvalue weighted by molar-refractivity contribution is 5.62. The second-order valence-corrected chi connectivity index (χ2v) is 4.68. The zero-order valence-corrected chi connectivity index (χ0v) is 10.5. The van der Waals surface area contributed by atoms with Crippen LogP contribution in [0.3, 0.4) is 0 Å². The van der Waals surface area contributed by atoms with Gasteiger partial charge in [0.2, 0.25) is 0 Å². The van der Waals surface area contributed by atoms with Gasteiger partial charge in [0, 0.05) is 25.9 Å². The largest absolute Gasteiger partial charge is 0.385 e. The number of nitrogens with one attached hydrogen (secondary N) is 1. The SMILES string of the molecule is COCCC1CCNc2c(C)ccc(C)c21. The fourth-order valence-electron chi connectivity index (χ4n) is 2.66. The molecule has 0 radical (unpaired) electrons. The molecule has 0 saturated heterocycles. The molecular formula is C14H21NO. The van der Waals surface area contributed by atoms with Crippen molar-refractivity contribution in [2.45, 2.75) is 32.6 Å². The Morgan fingerprint density at radius 3 is 2.81 bits per heavy atom. The summed E-state index contributed by atoms with van der Waals surface area (Å²) in [5.41, 5.74) is 5.66. The number of methoxy groups -OCH3 is 1. The molecule has 1 unspecified atom stereocenters. The molecule has 2 nitrogen and oxygen atoms in total. The molecule has 0 amide bonds. The van der Waals surface area contributed by atoms with Crippen LogP contribution in [0.4, 0.5) is 5.69 Å². The smallest absolute Gasteiger partial charge is 0.0468 e. The van der Waals surface area contributed by atoms with Crippen LogP contribution in [0.2, 0.25) is 0 Å². The van der Waals surface area contributed by atoms with Gasteiger partial charge in [-0.2, -0.15) is 0 Å². The van der Waals surface area contributed by atoms with Crippen molar-refractivity contribution in [1.82, 2.24) is 0 Å². The maximum atomic E-state index is 5.21. The van der Waals surface area contributed by atoms with E-state index in [2.05, 4.69) is 31.3 Å². The second-order valence-electron chi connectivity index (χ2n) is 4.68. The summed E-state index contributed by atoms with van der Waals surface area (Å²) >= 11 is 0. The average Bonchev–Trinajstić information content (AvgIpc) is 2.31. The molecule has 1 aliphatic heterocycles. The topological polar surface area (TPSA) is 21.3 Å². The van der Waals surface area contributed by atoms with Gasteiger partial charge in [-0.15, -0.1) is 0 Å². The third kappa shape index (κ3) is 2.07. The Hall–Kier alpha value is -1.02. The van der Waals surface area contributed by atoms with E-state index < -0.39 is 0 Å². The third-order valence-electron chi connectivity index (χ3n) is 3.55. The minimum absolute atomic E-state index is 0.663. The molecule has 0 fully saturated rings. The van der Waals surface area contributed by atoms with Crippen molar-refractivity contribution in [3.63, 3.8) is 0 Å². The number of hydrogen-bond donors (Lipinski definition) is 1. The summed E-state index contributed by atoms with van der Waals surface area (Å²) in [6.45, 7) is 6.35. The molecule has 0 saturated carbocycles. The quantitative estimate of drug-likeness (QED) is 0.842. The molecule has 1 N–H and O–H groups in total. The van der Waals surface area contributed by atoms with E-state index in [1.165, 1.54) is 28.8 Å². The lowest BCUT2D eigenvalue weighted by atomic mass is 9.84. The first kappa shape index (κ1) is 11.5. The highest BCUT2D eigenvalue weighted by Crippen LogP contribution is 2.38. The van der Waals surface area contributed by atoms with Crippen LogP contribution in [0, 0.1) is 13.8 Å². The Kier molecular flexibility index (Phi) is 3.49. The fourth-order valence-corrected chi connectivity index (χ4v) is 2.66. The van der Waals surface area contributed by atoms with Crippen LogP contribution in [0.5, 0.6) is 0 Å². The fraction of sp³-hybridized carbons (Fsp3) is 0.571. The molecule has 0 bridgehead atoms. The van der Waals surface area contributed by atoms with Crippen LogP contribution in [0.1, 0.15) is 35.4 Å². The van der Waals surface area contributed by atoms with Crippen molar-refractivity contribution in [3.05, 3.63) is 28.8 Å². The first-order valence-electron chi connectivity index (χ1n) is 6.07. The first-order valence-corrected chi connectivity index (χ1v) is 6.07. The molecule has 88 valence electrons. The van der Waals surface area contributed by atoms with Gasteiger partial charge in [-0.3, -0.25) is 0 Å². The molecule has 0 spiro atoms. The first-order chi connectivity index (χ1) is 7.74. The number of ether oxygens (including phenoxy) is 1. The van der Waals surface area contributed by atoms with Crippen molar-refractivity contribution in [2.75, 3.05) is 25.6 Å². The summed E-state index contributed by atoms with van der Waals surface area (Å²) in [7, 11) is 1.78. The Morgan fingerprint density at radius 1 is 1.31 bits per heavy atom. The standard InChI is InChI=1S/C14H21NO/c1-10-4-5-11(2)14-13(10)12(6-8-15-14)7-9-16-3/h4-5,12,15H,6-9H2,1-3H3. The molecule has 1 aromatic rings. The van der Waals surface area contributed by atoms with Gasteiger partial charge in [-0.1, -0.05) is 12.1 Å². The monoisotopic (exact) mass is 219 g/mol. The van der Waals surface area contributed by atoms with Crippen molar-refractivity contribution in [3.8, 4) is 0 Å². The minimum atomic E-state index is 0.663. The van der Waals surface area contributed by atoms with Gasteiger partial charge >= 0.3 is 0 Å². The van der Waals surface area contributed by atoms with E-state index >= 15 is 0 Å². The number of anilines is 1. The highest BCUT2D eigenvalue weighted by atomic mass is 16.5.